The number of rotatable bonds is 1. The molecule has 1 heterocycles. The molecule has 5 nitrogen and oxygen atoms in total. The first-order chi connectivity index (χ1) is 11.5. The highest BCUT2D eigenvalue weighted by molar-refractivity contribution is 5.90. The van der Waals surface area contributed by atoms with E-state index in [1.54, 1.807) is 26.0 Å². The predicted octanol–water partition coefficient (Wildman–Crippen LogP) is 2.49. The van der Waals surface area contributed by atoms with Crippen molar-refractivity contribution in [1.82, 2.24) is 0 Å². The van der Waals surface area contributed by atoms with E-state index in [0.29, 0.717) is 24.3 Å². The number of fused-ring (bicyclic) bond motifs is 1. The third-order valence-electron chi connectivity index (χ3n) is 5.47. The second-order valence-corrected chi connectivity index (χ2v) is 8.41. The lowest BCUT2D eigenvalue weighted by Gasteiger charge is -2.32. The van der Waals surface area contributed by atoms with Gasteiger partial charge in [-0.05, 0) is 57.4 Å². The quantitative estimate of drug-likeness (QED) is 0.498. The number of ether oxygens (including phenoxy) is 1. The molecule has 0 fully saturated rings. The number of hydrogen-bond donors (Lipinski definition) is 3. The minimum absolute atomic E-state index is 0.148. The summed E-state index contributed by atoms with van der Waals surface area (Å²) >= 11 is 0. The number of carbonyl (C=O) groups excluding carboxylic acids is 1. The van der Waals surface area contributed by atoms with Crippen molar-refractivity contribution in [2.75, 3.05) is 0 Å². The van der Waals surface area contributed by atoms with Gasteiger partial charge in [-0.2, -0.15) is 0 Å². The van der Waals surface area contributed by atoms with Crippen LogP contribution < -0.4 is 0 Å². The average molecular weight is 352 g/mol. The van der Waals surface area contributed by atoms with Crippen LogP contribution in [0.4, 0.5) is 0 Å². The van der Waals surface area contributed by atoms with Gasteiger partial charge in [0.15, 0.2) is 0 Å². The summed E-state index contributed by atoms with van der Waals surface area (Å²) in [4.78, 5) is 12.1. The van der Waals surface area contributed by atoms with Gasteiger partial charge in [-0.15, -0.1) is 0 Å². The second-order valence-electron chi connectivity index (χ2n) is 8.41. The van der Waals surface area contributed by atoms with Crippen molar-refractivity contribution >= 4 is 5.97 Å². The van der Waals surface area contributed by atoms with Crippen LogP contribution in [0.2, 0.25) is 0 Å². The molecule has 0 aromatic carbocycles. The summed E-state index contributed by atoms with van der Waals surface area (Å²) in [5, 5.41) is 31.5. The minimum Gasteiger partial charge on any atom is -0.455 e. The molecule has 2 rings (SSSR count). The first-order valence-electron chi connectivity index (χ1n) is 9.24. The van der Waals surface area contributed by atoms with Gasteiger partial charge in [-0.1, -0.05) is 26.0 Å². The van der Waals surface area contributed by atoms with Gasteiger partial charge >= 0.3 is 5.97 Å². The van der Waals surface area contributed by atoms with Crippen LogP contribution in [-0.4, -0.2) is 44.7 Å². The predicted molar refractivity (Wildman–Crippen MR) is 95.8 cm³/mol. The van der Waals surface area contributed by atoms with Crippen LogP contribution in [0.1, 0.15) is 59.8 Å². The fourth-order valence-corrected chi connectivity index (χ4v) is 3.50. The Morgan fingerprint density at radius 1 is 1.24 bits per heavy atom. The van der Waals surface area contributed by atoms with Crippen molar-refractivity contribution in [2.45, 2.75) is 83.2 Å². The lowest BCUT2D eigenvalue weighted by atomic mass is 9.84. The molecule has 5 heteroatoms. The average Bonchev–Trinajstić information content (AvgIpc) is 2.82. The molecule has 0 aromatic rings. The van der Waals surface area contributed by atoms with E-state index in [1.807, 2.05) is 6.08 Å². The summed E-state index contributed by atoms with van der Waals surface area (Å²) in [5.74, 6) is 0.305. The Morgan fingerprint density at radius 2 is 1.92 bits per heavy atom. The lowest BCUT2D eigenvalue weighted by Crippen LogP contribution is -2.43. The highest BCUT2D eigenvalue weighted by atomic mass is 16.5. The number of aliphatic hydroxyl groups excluding tert-OH is 1. The lowest BCUT2D eigenvalue weighted by molar-refractivity contribution is -0.144. The first kappa shape index (κ1) is 20.1. The van der Waals surface area contributed by atoms with Gasteiger partial charge < -0.3 is 20.1 Å². The maximum atomic E-state index is 12.1. The molecule has 1 aliphatic heterocycles. The van der Waals surface area contributed by atoms with Gasteiger partial charge in [0.05, 0.1) is 17.3 Å². The Labute approximate surface area is 150 Å². The summed E-state index contributed by atoms with van der Waals surface area (Å²) in [5.41, 5.74) is -1.79. The molecular formula is C20H32O5. The summed E-state index contributed by atoms with van der Waals surface area (Å²) in [7, 11) is 0. The Balaban J connectivity index is 2.27. The minimum atomic E-state index is -1.39. The van der Waals surface area contributed by atoms with Crippen LogP contribution in [0.25, 0.3) is 0 Å². The third kappa shape index (κ3) is 5.40. The van der Waals surface area contributed by atoms with Crippen LogP contribution in [0.15, 0.2) is 23.8 Å². The van der Waals surface area contributed by atoms with E-state index in [2.05, 4.69) is 13.8 Å². The summed E-state index contributed by atoms with van der Waals surface area (Å²) < 4.78 is 5.35. The van der Waals surface area contributed by atoms with Gasteiger partial charge in [-0.25, -0.2) is 4.79 Å². The first-order valence-corrected chi connectivity index (χ1v) is 9.24. The molecule has 3 N–H and O–H groups in total. The molecular weight excluding hydrogens is 320 g/mol. The van der Waals surface area contributed by atoms with Gasteiger partial charge in [0, 0.05) is 12.0 Å². The van der Waals surface area contributed by atoms with E-state index in [1.165, 1.54) is 0 Å². The van der Waals surface area contributed by atoms with Crippen molar-refractivity contribution in [3.05, 3.63) is 23.8 Å². The normalized spacial score (nSPS) is 41.8. The standard InChI is InChI=1S/C20H32O5/c1-13(2)14-5-6-15-11-16(25-18(15)22)12-20(4,24)17(21)8-10-19(3,23)9-7-14/h7,9,11,13-14,16-17,21,23-24H,5-6,8,10,12H2,1-4H3/b9-7+/t14-,16-,17-,19-,20+/m1/s1. The van der Waals surface area contributed by atoms with Crippen molar-refractivity contribution in [3.63, 3.8) is 0 Å². The number of hydrogen-bond acceptors (Lipinski definition) is 5. The third-order valence-corrected chi connectivity index (χ3v) is 5.47. The molecule has 0 spiro atoms. The molecule has 0 radical (unpaired) electrons. The van der Waals surface area contributed by atoms with Crippen LogP contribution in [0.5, 0.6) is 0 Å². The van der Waals surface area contributed by atoms with E-state index < -0.39 is 23.4 Å². The van der Waals surface area contributed by atoms with Crippen LogP contribution in [-0.2, 0) is 9.53 Å². The molecule has 142 valence electrons. The van der Waals surface area contributed by atoms with Gasteiger partial charge in [0.1, 0.15) is 6.10 Å². The van der Waals surface area contributed by atoms with Crippen LogP contribution in [0, 0.1) is 11.8 Å². The monoisotopic (exact) mass is 352 g/mol. The highest BCUT2D eigenvalue weighted by Crippen LogP contribution is 2.32. The fraction of sp³-hybridized carbons (Fsp3) is 0.750. The van der Waals surface area contributed by atoms with Crippen molar-refractivity contribution in [3.8, 4) is 0 Å². The largest absolute Gasteiger partial charge is 0.455 e. The van der Waals surface area contributed by atoms with Crippen LogP contribution >= 0.6 is 0 Å². The molecule has 0 aromatic heterocycles. The van der Waals surface area contributed by atoms with Crippen molar-refractivity contribution < 1.29 is 24.9 Å². The molecule has 2 aliphatic rings. The molecule has 25 heavy (non-hydrogen) atoms. The maximum absolute atomic E-state index is 12.1. The van der Waals surface area contributed by atoms with E-state index >= 15 is 0 Å². The van der Waals surface area contributed by atoms with Gasteiger partial charge in [-0.3, -0.25) is 0 Å². The number of aliphatic hydroxyl groups is 3. The summed E-state index contributed by atoms with van der Waals surface area (Å²) in [6, 6.07) is 0. The van der Waals surface area contributed by atoms with Crippen molar-refractivity contribution in [2.24, 2.45) is 11.8 Å². The molecule has 1 aliphatic carbocycles. The summed E-state index contributed by atoms with van der Waals surface area (Å²) in [6.07, 6.45) is 6.23. The molecule has 0 saturated carbocycles. The molecule has 0 saturated heterocycles. The smallest absolute Gasteiger partial charge is 0.334 e. The number of carbonyl (C=O) groups is 1. The van der Waals surface area contributed by atoms with E-state index in [0.717, 1.165) is 6.42 Å². The Hall–Kier alpha value is -1.17. The van der Waals surface area contributed by atoms with Gasteiger partial charge in [0.25, 0.3) is 0 Å². The van der Waals surface area contributed by atoms with Crippen molar-refractivity contribution in [1.29, 1.82) is 0 Å². The molecule has 2 bridgehead atoms. The molecule has 0 amide bonds. The zero-order valence-electron chi connectivity index (χ0n) is 15.7. The second kappa shape index (κ2) is 7.60. The molecule has 0 unspecified atom stereocenters. The maximum Gasteiger partial charge on any atom is 0.334 e. The number of esters is 1. The van der Waals surface area contributed by atoms with Gasteiger partial charge in [0.2, 0.25) is 0 Å². The Morgan fingerprint density at radius 3 is 2.56 bits per heavy atom. The number of allylic oxidation sites excluding steroid dienone is 1. The zero-order chi connectivity index (χ0) is 18.8. The Kier molecular flexibility index (Phi) is 6.13. The molecule has 5 atom stereocenters. The zero-order valence-corrected chi connectivity index (χ0v) is 15.7. The van der Waals surface area contributed by atoms with E-state index in [-0.39, 0.29) is 24.7 Å². The Bertz CT molecular complexity index is 544. The topological polar surface area (TPSA) is 87.0 Å². The summed E-state index contributed by atoms with van der Waals surface area (Å²) in [6.45, 7) is 7.51. The van der Waals surface area contributed by atoms with E-state index in [4.69, 9.17) is 4.74 Å². The van der Waals surface area contributed by atoms with E-state index in [9.17, 15) is 20.1 Å². The highest BCUT2D eigenvalue weighted by Gasteiger charge is 2.38. The van der Waals surface area contributed by atoms with Crippen LogP contribution in [0.3, 0.4) is 0 Å². The SMILES string of the molecule is CC(C)[C@H]1/C=C/[C@@](C)(O)CC[C@@H](O)[C@@](C)(O)C[C@H]2C=C(CC1)C(=O)O2. The fourth-order valence-electron chi connectivity index (χ4n) is 3.50.